The molecule has 0 aromatic heterocycles. The average Bonchev–Trinajstić information content (AvgIpc) is 2.89. The zero-order valence-electron chi connectivity index (χ0n) is 13.5. The summed E-state index contributed by atoms with van der Waals surface area (Å²) in [5, 5.41) is 3.83. The molecule has 0 aliphatic heterocycles. The third kappa shape index (κ3) is 2.99. The number of methoxy groups -OCH3 is 2. The smallest absolute Gasteiger partial charge is 0.271 e. The zero-order valence-corrected chi connectivity index (χ0v) is 13.5. The number of fused-ring (bicyclic) bond motifs is 1. The molecule has 0 fully saturated rings. The average molecular weight is 338 g/mol. The number of nitrogens with one attached hydrogen (secondary N) is 1. The van der Waals surface area contributed by atoms with Gasteiger partial charge in [0.05, 0.1) is 14.2 Å². The van der Waals surface area contributed by atoms with Gasteiger partial charge in [0, 0.05) is 16.3 Å². The van der Waals surface area contributed by atoms with Gasteiger partial charge in [-0.1, -0.05) is 6.07 Å². The molecule has 0 spiro atoms. The number of hydrogen-bond acceptors (Lipinski definition) is 6. The van der Waals surface area contributed by atoms with Crippen LogP contribution >= 0.6 is 0 Å². The maximum Gasteiger partial charge on any atom is 0.271 e. The van der Waals surface area contributed by atoms with E-state index in [2.05, 4.69) is 10.5 Å². The van der Waals surface area contributed by atoms with E-state index in [4.69, 9.17) is 9.47 Å². The van der Waals surface area contributed by atoms with Gasteiger partial charge in [-0.15, -0.1) is 0 Å². The molecule has 0 radical (unpaired) electrons. The van der Waals surface area contributed by atoms with Crippen molar-refractivity contribution in [3.63, 3.8) is 0 Å². The minimum Gasteiger partial charge on any atom is -0.497 e. The fraction of sp³-hybridized carbons (Fsp3) is 0.111. The van der Waals surface area contributed by atoms with Gasteiger partial charge in [-0.2, -0.15) is 5.10 Å². The highest BCUT2D eigenvalue weighted by Gasteiger charge is 2.13. The molecule has 7 nitrogen and oxygen atoms in total. The molecule has 0 unspecified atom stereocenters. The summed E-state index contributed by atoms with van der Waals surface area (Å²) in [4.78, 5) is 36.8. The Balaban J connectivity index is 2.00. The Morgan fingerprint density at radius 3 is 2.32 bits per heavy atom. The van der Waals surface area contributed by atoms with Crippen LogP contribution in [0, 0.1) is 0 Å². The molecule has 0 saturated carbocycles. The van der Waals surface area contributed by atoms with Gasteiger partial charge in [-0.3, -0.25) is 14.4 Å². The molecule has 0 bridgehead atoms. The minimum atomic E-state index is -0.555. The first-order valence-corrected chi connectivity index (χ1v) is 7.34. The van der Waals surface area contributed by atoms with Crippen LogP contribution < -0.4 is 31.1 Å². The lowest BCUT2D eigenvalue weighted by atomic mass is 10.2. The van der Waals surface area contributed by atoms with E-state index in [9.17, 15) is 14.4 Å². The number of carbonyl (C=O) groups excluding carboxylic acids is 1. The Kier molecular flexibility index (Phi) is 4.30. The highest BCUT2D eigenvalue weighted by Crippen LogP contribution is 2.15. The van der Waals surface area contributed by atoms with Gasteiger partial charge in [0.2, 0.25) is 10.9 Å². The van der Waals surface area contributed by atoms with Crippen LogP contribution in [0.3, 0.4) is 0 Å². The second kappa shape index (κ2) is 6.56. The Morgan fingerprint density at radius 1 is 0.920 bits per heavy atom. The standard InChI is InChI=1S/C18H14N2O5/c1-24-11-5-3-4-10(8-11)18(23)20-19-15-16(21)13-7-6-12(25-2)9-14(13)17(15)22/h3-9H,1-2H3,(H,20,23)/b19-15+. The third-order valence-corrected chi connectivity index (χ3v) is 3.75. The van der Waals surface area contributed by atoms with Gasteiger partial charge in [0.15, 0.2) is 5.36 Å². The number of benzene rings is 2. The Bertz CT molecular complexity index is 1110. The van der Waals surface area contributed by atoms with E-state index in [-0.39, 0.29) is 16.1 Å². The van der Waals surface area contributed by atoms with E-state index in [1.807, 2.05) is 0 Å². The number of ether oxygens (including phenoxy) is 2. The summed E-state index contributed by atoms with van der Waals surface area (Å²) < 4.78 is 10.1. The topological polar surface area (TPSA) is 94.1 Å². The Hall–Kier alpha value is -3.48. The van der Waals surface area contributed by atoms with E-state index < -0.39 is 16.8 Å². The number of hydrogen-bond donors (Lipinski definition) is 1. The van der Waals surface area contributed by atoms with E-state index in [0.717, 1.165) is 0 Å². The minimum absolute atomic E-state index is 0.207. The highest BCUT2D eigenvalue weighted by atomic mass is 16.5. The predicted octanol–water partition coefficient (Wildman–Crippen LogP) is 0.699. The van der Waals surface area contributed by atoms with E-state index in [0.29, 0.717) is 17.1 Å². The SMILES string of the molecule is COc1cccc(C(=O)N/N=c2\c(=O)c3ccc(OC)cc3c2=O)c1. The largest absolute Gasteiger partial charge is 0.497 e. The van der Waals surface area contributed by atoms with E-state index in [1.54, 1.807) is 24.3 Å². The molecule has 0 aliphatic rings. The van der Waals surface area contributed by atoms with Crippen molar-refractivity contribution in [3.05, 3.63) is 73.8 Å². The summed E-state index contributed by atoms with van der Waals surface area (Å²) in [7, 11) is 2.95. The fourth-order valence-electron chi connectivity index (χ4n) is 2.43. The quantitative estimate of drug-likeness (QED) is 0.707. The first-order chi connectivity index (χ1) is 12.0. The van der Waals surface area contributed by atoms with Crippen molar-refractivity contribution in [3.8, 4) is 11.5 Å². The molecule has 1 amide bonds. The van der Waals surface area contributed by atoms with Crippen molar-refractivity contribution < 1.29 is 14.3 Å². The van der Waals surface area contributed by atoms with Gasteiger partial charge >= 0.3 is 0 Å². The summed E-state index contributed by atoms with van der Waals surface area (Å²) >= 11 is 0. The Labute approximate surface area is 141 Å². The van der Waals surface area contributed by atoms with E-state index in [1.165, 1.54) is 32.4 Å². The second-order valence-corrected chi connectivity index (χ2v) is 5.20. The van der Waals surface area contributed by atoms with Gasteiger partial charge in [-0.25, -0.2) is 5.43 Å². The monoisotopic (exact) mass is 338 g/mol. The molecule has 7 heteroatoms. The van der Waals surface area contributed by atoms with Crippen molar-refractivity contribution in [1.29, 1.82) is 0 Å². The normalized spacial score (nSPS) is 11.5. The van der Waals surface area contributed by atoms with Crippen LogP contribution in [0.1, 0.15) is 10.4 Å². The third-order valence-electron chi connectivity index (χ3n) is 3.75. The molecule has 3 aromatic carbocycles. The number of rotatable bonds is 4. The van der Waals surface area contributed by atoms with Gasteiger partial charge in [0.1, 0.15) is 11.5 Å². The molecule has 126 valence electrons. The van der Waals surface area contributed by atoms with Crippen molar-refractivity contribution >= 4 is 16.7 Å². The first-order valence-electron chi connectivity index (χ1n) is 7.34. The molecule has 3 rings (SSSR count). The van der Waals surface area contributed by atoms with Crippen LogP contribution in [0.4, 0.5) is 0 Å². The van der Waals surface area contributed by atoms with Crippen LogP contribution in [-0.2, 0) is 0 Å². The van der Waals surface area contributed by atoms with Crippen molar-refractivity contribution in [2.24, 2.45) is 5.10 Å². The Morgan fingerprint density at radius 2 is 1.60 bits per heavy atom. The predicted molar refractivity (Wildman–Crippen MR) is 91.4 cm³/mol. The summed E-state index contributed by atoms with van der Waals surface area (Å²) in [6, 6.07) is 11.0. The lowest BCUT2D eigenvalue weighted by Crippen LogP contribution is -2.35. The van der Waals surface area contributed by atoms with E-state index >= 15 is 0 Å². The maximum absolute atomic E-state index is 12.3. The molecule has 25 heavy (non-hydrogen) atoms. The van der Waals surface area contributed by atoms with Crippen LogP contribution in [0.25, 0.3) is 10.8 Å². The summed E-state index contributed by atoms with van der Waals surface area (Å²) in [6.45, 7) is 0. The summed E-state index contributed by atoms with van der Waals surface area (Å²) in [5.74, 6) is 0.412. The molecule has 3 aromatic rings. The molecule has 1 N–H and O–H groups in total. The number of nitrogens with zero attached hydrogens (tertiary/aromatic N) is 1. The first kappa shape index (κ1) is 16.4. The van der Waals surface area contributed by atoms with Crippen LogP contribution in [0.2, 0.25) is 0 Å². The zero-order chi connectivity index (χ0) is 18.0. The van der Waals surface area contributed by atoms with Crippen LogP contribution in [0.5, 0.6) is 11.5 Å². The molecular formula is C18H14N2O5. The molecule has 0 saturated heterocycles. The fourth-order valence-corrected chi connectivity index (χ4v) is 2.43. The second-order valence-electron chi connectivity index (χ2n) is 5.20. The van der Waals surface area contributed by atoms with Crippen molar-refractivity contribution in [2.75, 3.05) is 14.2 Å². The molecule has 0 aliphatic carbocycles. The molecule has 0 heterocycles. The summed E-state index contributed by atoms with van der Waals surface area (Å²) in [5.41, 5.74) is 1.44. The number of amides is 1. The van der Waals surface area contributed by atoms with Crippen LogP contribution in [-0.4, -0.2) is 20.1 Å². The lowest BCUT2D eigenvalue weighted by Gasteiger charge is -2.02. The van der Waals surface area contributed by atoms with Crippen LogP contribution in [0.15, 0.2) is 57.2 Å². The number of carbonyl (C=O) groups is 1. The van der Waals surface area contributed by atoms with Gasteiger partial charge < -0.3 is 9.47 Å². The van der Waals surface area contributed by atoms with Crippen molar-refractivity contribution in [1.82, 2.24) is 5.43 Å². The van der Waals surface area contributed by atoms with Crippen molar-refractivity contribution in [2.45, 2.75) is 0 Å². The van der Waals surface area contributed by atoms with Gasteiger partial charge in [0.25, 0.3) is 5.91 Å². The summed E-state index contributed by atoms with van der Waals surface area (Å²) in [6.07, 6.45) is 0. The lowest BCUT2D eigenvalue weighted by molar-refractivity contribution is 0.0952. The highest BCUT2D eigenvalue weighted by molar-refractivity contribution is 5.94. The molecule has 0 atom stereocenters. The van der Waals surface area contributed by atoms with Gasteiger partial charge in [-0.05, 0) is 36.4 Å². The maximum atomic E-state index is 12.3. The molecular weight excluding hydrogens is 324 g/mol.